The van der Waals surface area contributed by atoms with Crippen molar-refractivity contribution in [1.29, 1.82) is 0 Å². The van der Waals surface area contributed by atoms with Crippen molar-refractivity contribution in [2.45, 2.75) is 12.2 Å². The smallest absolute Gasteiger partial charge is 0.273 e. The quantitative estimate of drug-likeness (QED) is 0.593. The number of hydrogen-bond acceptors (Lipinski definition) is 6. The Morgan fingerprint density at radius 2 is 2.22 bits per heavy atom. The Balaban J connectivity index is 2.19. The zero-order valence-electron chi connectivity index (χ0n) is 9.83. The molecule has 7 nitrogen and oxygen atoms in total. The van der Waals surface area contributed by atoms with Crippen molar-refractivity contribution in [2.75, 3.05) is 20.2 Å². The van der Waals surface area contributed by atoms with Gasteiger partial charge in [-0.15, -0.1) is 0 Å². The summed E-state index contributed by atoms with van der Waals surface area (Å²) in [6.07, 6.45) is -0.967. The van der Waals surface area contributed by atoms with Crippen LogP contribution in [0.3, 0.4) is 0 Å². The van der Waals surface area contributed by atoms with E-state index in [1.54, 1.807) is 0 Å². The van der Waals surface area contributed by atoms with Gasteiger partial charge in [-0.25, -0.2) is 0 Å². The summed E-state index contributed by atoms with van der Waals surface area (Å²) in [6, 6.07) is 4.11. The van der Waals surface area contributed by atoms with Crippen LogP contribution in [0, 0.1) is 10.1 Å². The van der Waals surface area contributed by atoms with E-state index in [0.717, 1.165) is 0 Å². The highest BCUT2D eigenvalue weighted by Crippen LogP contribution is 2.32. The van der Waals surface area contributed by atoms with E-state index < -0.39 is 11.0 Å². The molecule has 1 saturated heterocycles. The lowest BCUT2D eigenvalue weighted by Gasteiger charge is -2.17. The Morgan fingerprint density at radius 3 is 2.78 bits per heavy atom. The average molecular weight is 254 g/mol. The standard InChI is InChI=1S/C11H14N2O5/c1-17-10-4-7(13(15)16)2-3-9(10)18-11-6-12-5-8(11)14/h2-4,8,11-12,14H,5-6H2,1H3. The van der Waals surface area contributed by atoms with Crippen LogP contribution in [0.25, 0.3) is 0 Å². The maximum Gasteiger partial charge on any atom is 0.273 e. The molecule has 0 aliphatic carbocycles. The van der Waals surface area contributed by atoms with Crippen LogP contribution in [0.15, 0.2) is 18.2 Å². The van der Waals surface area contributed by atoms with E-state index in [9.17, 15) is 15.2 Å². The summed E-state index contributed by atoms with van der Waals surface area (Å²) in [7, 11) is 1.41. The molecule has 1 aromatic rings. The van der Waals surface area contributed by atoms with Gasteiger partial charge >= 0.3 is 0 Å². The highest BCUT2D eigenvalue weighted by Gasteiger charge is 2.27. The molecule has 1 aromatic carbocycles. The summed E-state index contributed by atoms with van der Waals surface area (Å²) in [5.74, 6) is 0.666. The third-order valence-corrected chi connectivity index (χ3v) is 2.76. The highest BCUT2D eigenvalue weighted by atomic mass is 16.6. The zero-order chi connectivity index (χ0) is 13.1. The van der Waals surface area contributed by atoms with Gasteiger partial charge < -0.3 is 19.9 Å². The van der Waals surface area contributed by atoms with Crippen molar-refractivity contribution < 1.29 is 19.5 Å². The summed E-state index contributed by atoms with van der Waals surface area (Å²) in [6.45, 7) is 1.00. The van der Waals surface area contributed by atoms with Crippen LogP contribution in [0.1, 0.15) is 0 Å². The SMILES string of the molecule is COc1cc([N+](=O)[O-])ccc1OC1CNCC1O. The van der Waals surface area contributed by atoms with Crippen molar-refractivity contribution in [2.24, 2.45) is 0 Å². The predicted molar refractivity (Wildman–Crippen MR) is 62.9 cm³/mol. The van der Waals surface area contributed by atoms with Gasteiger partial charge in [0.25, 0.3) is 5.69 Å². The van der Waals surface area contributed by atoms with Crippen molar-refractivity contribution in [1.82, 2.24) is 5.32 Å². The maximum absolute atomic E-state index is 10.6. The third-order valence-electron chi connectivity index (χ3n) is 2.76. The molecule has 0 saturated carbocycles. The molecule has 0 aromatic heterocycles. The van der Waals surface area contributed by atoms with Crippen LogP contribution in [0.4, 0.5) is 5.69 Å². The van der Waals surface area contributed by atoms with Gasteiger partial charge in [-0.2, -0.15) is 0 Å². The molecule has 2 N–H and O–H groups in total. The van der Waals surface area contributed by atoms with Crippen molar-refractivity contribution in [3.05, 3.63) is 28.3 Å². The van der Waals surface area contributed by atoms with Crippen LogP contribution >= 0.6 is 0 Å². The molecule has 98 valence electrons. The lowest BCUT2D eigenvalue weighted by molar-refractivity contribution is -0.385. The molecule has 0 amide bonds. The van der Waals surface area contributed by atoms with Crippen LogP contribution in [0.2, 0.25) is 0 Å². The lowest BCUT2D eigenvalue weighted by atomic mass is 10.2. The topological polar surface area (TPSA) is 93.9 Å². The number of nitrogens with zero attached hydrogens (tertiary/aromatic N) is 1. The fraction of sp³-hybridized carbons (Fsp3) is 0.455. The lowest BCUT2D eigenvalue weighted by Crippen LogP contribution is -2.29. The van der Waals surface area contributed by atoms with Gasteiger partial charge in [-0.3, -0.25) is 10.1 Å². The number of aliphatic hydroxyl groups excluding tert-OH is 1. The third kappa shape index (κ3) is 2.52. The maximum atomic E-state index is 10.6. The van der Waals surface area contributed by atoms with E-state index in [2.05, 4.69) is 5.32 Å². The molecule has 2 atom stereocenters. The normalized spacial score (nSPS) is 22.8. The van der Waals surface area contributed by atoms with Crippen LogP contribution < -0.4 is 14.8 Å². The predicted octanol–water partition coefficient (Wildman–Crippen LogP) is 0.315. The molecule has 0 bridgehead atoms. The number of rotatable bonds is 4. The first-order valence-electron chi connectivity index (χ1n) is 5.49. The number of nitrogens with one attached hydrogen (secondary N) is 1. The highest BCUT2D eigenvalue weighted by molar-refractivity contribution is 5.48. The fourth-order valence-electron chi connectivity index (χ4n) is 1.79. The largest absolute Gasteiger partial charge is 0.493 e. The number of methoxy groups -OCH3 is 1. The Kier molecular flexibility index (Phi) is 3.63. The molecule has 2 rings (SSSR count). The second-order valence-corrected chi connectivity index (χ2v) is 3.97. The van der Waals surface area contributed by atoms with Crippen molar-refractivity contribution in [3.63, 3.8) is 0 Å². The van der Waals surface area contributed by atoms with E-state index >= 15 is 0 Å². The minimum Gasteiger partial charge on any atom is -0.493 e. The summed E-state index contributed by atoms with van der Waals surface area (Å²) in [4.78, 5) is 10.1. The van der Waals surface area contributed by atoms with Crippen LogP contribution in [0.5, 0.6) is 11.5 Å². The monoisotopic (exact) mass is 254 g/mol. The Hall–Kier alpha value is -1.86. The van der Waals surface area contributed by atoms with E-state index in [1.165, 1.54) is 25.3 Å². The van der Waals surface area contributed by atoms with Gasteiger partial charge in [-0.05, 0) is 6.07 Å². The number of non-ortho nitro benzene ring substituents is 1. The number of nitro benzene ring substituents is 1. The van der Waals surface area contributed by atoms with E-state index in [4.69, 9.17) is 9.47 Å². The Bertz CT molecular complexity index is 451. The van der Waals surface area contributed by atoms with Gasteiger partial charge in [0.1, 0.15) is 12.2 Å². The first-order chi connectivity index (χ1) is 8.61. The minimum absolute atomic E-state index is 0.0655. The van der Waals surface area contributed by atoms with E-state index in [-0.39, 0.29) is 17.5 Å². The Labute approximate surface area is 103 Å². The second-order valence-electron chi connectivity index (χ2n) is 3.97. The molecule has 0 spiro atoms. The van der Waals surface area contributed by atoms with Gasteiger partial charge in [-0.1, -0.05) is 0 Å². The molecule has 1 aliphatic rings. The van der Waals surface area contributed by atoms with Gasteiger partial charge in [0.05, 0.1) is 18.1 Å². The molecule has 7 heteroatoms. The van der Waals surface area contributed by atoms with Crippen molar-refractivity contribution >= 4 is 5.69 Å². The second kappa shape index (κ2) is 5.19. The molecule has 0 radical (unpaired) electrons. The molecular weight excluding hydrogens is 240 g/mol. The molecule has 1 aliphatic heterocycles. The number of ether oxygens (including phenoxy) is 2. The molecule has 18 heavy (non-hydrogen) atoms. The molecule has 1 fully saturated rings. The first kappa shape index (κ1) is 12.6. The summed E-state index contributed by atoms with van der Waals surface area (Å²) in [5.41, 5.74) is -0.0655. The number of aliphatic hydroxyl groups is 1. The molecule has 2 unspecified atom stereocenters. The number of hydrogen-bond donors (Lipinski definition) is 2. The molecular formula is C11H14N2O5. The fourth-order valence-corrected chi connectivity index (χ4v) is 1.79. The first-order valence-corrected chi connectivity index (χ1v) is 5.49. The van der Waals surface area contributed by atoms with E-state index in [1.807, 2.05) is 0 Å². The zero-order valence-corrected chi connectivity index (χ0v) is 9.83. The summed E-state index contributed by atoms with van der Waals surface area (Å²) < 4.78 is 10.6. The minimum atomic E-state index is -0.593. The number of nitro groups is 1. The van der Waals surface area contributed by atoms with Gasteiger partial charge in [0.15, 0.2) is 11.5 Å². The molecule has 1 heterocycles. The number of β-amino-alcohol motifs (C(OH)–C–C–N with tert-alkyl or cyclic N) is 1. The average Bonchev–Trinajstić information content (AvgIpc) is 2.75. The number of benzene rings is 1. The van der Waals surface area contributed by atoms with Gasteiger partial charge in [0.2, 0.25) is 0 Å². The van der Waals surface area contributed by atoms with Crippen molar-refractivity contribution in [3.8, 4) is 11.5 Å². The van der Waals surface area contributed by atoms with Gasteiger partial charge in [0, 0.05) is 19.2 Å². The van der Waals surface area contributed by atoms with E-state index in [0.29, 0.717) is 18.8 Å². The Morgan fingerprint density at radius 1 is 1.44 bits per heavy atom. The summed E-state index contributed by atoms with van der Waals surface area (Å²) in [5, 5.41) is 23.2. The summed E-state index contributed by atoms with van der Waals surface area (Å²) >= 11 is 0. The van der Waals surface area contributed by atoms with Crippen LogP contribution in [-0.2, 0) is 0 Å². The van der Waals surface area contributed by atoms with Crippen LogP contribution in [-0.4, -0.2) is 42.4 Å².